The first kappa shape index (κ1) is 26.1. The summed E-state index contributed by atoms with van der Waals surface area (Å²) in [5, 5.41) is -0.777. The maximum atomic E-state index is 16.5. The Labute approximate surface area is 203 Å². The van der Waals surface area contributed by atoms with Crippen molar-refractivity contribution in [3.63, 3.8) is 0 Å². The minimum Gasteiger partial charge on any atom is -0.205 e. The molecular formula is C24H12F10N2Si. The first-order valence-corrected chi connectivity index (χ1v) is 12.1. The molecule has 192 valence electrons. The van der Waals surface area contributed by atoms with Crippen LogP contribution < -0.4 is 19.9 Å². The van der Waals surface area contributed by atoms with E-state index in [0.717, 1.165) is 24.3 Å². The molecular weight excluding hydrogens is 534 g/mol. The quantitative estimate of drug-likeness (QED) is 0.0943. The Balaban J connectivity index is 2.14. The Morgan fingerprint density at radius 3 is 1.08 bits per heavy atom. The van der Waals surface area contributed by atoms with E-state index in [1.165, 1.54) is 36.4 Å². The minimum atomic E-state index is -5.48. The second kappa shape index (κ2) is 9.80. The molecule has 0 saturated carbocycles. The highest BCUT2D eigenvalue weighted by Crippen LogP contribution is 2.36. The summed E-state index contributed by atoms with van der Waals surface area (Å²) >= 11 is 0. The Morgan fingerprint density at radius 2 is 0.757 bits per heavy atom. The predicted molar refractivity (Wildman–Crippen MR) is 118 cm³/mol. The lowest BCUT2D eigenvalue weighted by molar-refractivity contribution is 0.396. The third-order valence-corrected chi connectivity index (χ3v) is 9.41. The maximum absolute atomic E-state index is 16.5. The highest BCUT2D eigenvalue weighted by molar-refractivity contribution is 7.06. The molecule has 13 heteroatoms. The Hall–Kier alpha value is -4.00. The van der Waals surface area contributed by atoms with Gasteiger partial charge in [-0.3, -0.25) is 0 Å². The number of hydrogen-bond acceptors (Lipinski definition) is 2. The zero-order valence-corrected chi connectivity index (χ0v) is 19.1. The van der Waals surface area contributed by atoms with E-state index in [1.54, 1.807) is 0 Å². The van der Waals surface area contributed by atoms with Gasteiger partial charge in [0.1, 0.15) is 11.4 Å². The zero-order chi connectivity index (χ0) is 27.1. The zero-order valence-electron chi connectivity index (χ0n) is 18.1. The molecule has 2 nitrogen and oxygen atoms in total. The van der Waals surface area contributed by atoms with Crippen molar-refractivity contribution < 1.29 is 44.1 Å². The number of benzene rings is 4. The lowest BCUT2D eigenvalue weighted by Crippen LogP contribution is -2.77. The van der Waals surface area contributed by atoms with Gasteiger partial charge in [-0.15, -0.1) is 8.96 Å². The topological polar surface area (TPSA) is 6.48 Å². The molecule has 0 bridgehead atoms. The summed E-state index contributed by atoms with van der Waals surface area (Å²) in [5.74, 6) is -18.1. The highest BCUT2D eigenvalue weighted by atomic mass is 28.4. The van der Waals surface area contributed by atoms with E-state index in [9.17, 15) is 35.1 Å². The SMILES string of the molecule is Fc1cc(N(F)[Si](c2ccccc2)(c2ccccc2)N(F)c2cc(F)c(F)c(F)c2F)c(F)c(F)c1F. The molecule has 0 atom stereocenters. The van der Waals surface area contributed by atoms with Gasteiger partial charge in [-0.25, -0.2) is 44.7 Å². The third-order valence-electron chi connectivity index (χ3n) is 5.51. The highest BCUT2D eigenvalue weighted by Gasteiger charge is 2.56. The molecule has 0 N–H and O–H groups in total. The van der Waals surface area contributed by atoms with E-state index in [1.807, 2.05) is 0 Å². The van der Waals surface area contributed by atoms with Crippen molar-refractivity contribution in [3.05, 3.63) is 119 Å². The molecule has 37 heavy (non-hydrogen) atoms. The van der Waals surface area contributed by atoms with Crippen molar-refractivity contribution in [2.75, 3.05) is 9.58 Å². The Kier molecular flexibility index (Phi) is 6.91. The van der Waals surface area contributed by atoms with Crippen LogP contribution in [0.3, 0.4) is 0 Å². The van der Waals surface area contributed by atoms with Gasteiger partial charge in [0.2, 0.25) is 0 Å². The number of nitrogens with zero attached hydrogens (tertiary/aromatic N) is 2. The first-order chi connectivity index (χ1) is 17.5. The fraction of sp³-hybridized carbons (Fsp3) is 0. The summed E-state index contributed by atoms with van der Waals surface area (Å²) < 4.78 is 146. The van der Waals surface area contributed by atoms with Crippen molar-refractivity contribution in [3.8, 4) is 0 Å². The predicted octanol–water partition coefficient (Wildman–Crippen LogP) is 6.14. The molecule has 0 aliphatic heterocycles. The van der Waals surface area contributed by atoms with Gasteiger partial charge < -0.3 is 0 Å². The maximum Gasteiger partial charge on any atom is 0.394 e. The lowest BCUT2D eigenvalue weighted by atomic mass is 10.3. The van der Waals surface area contributed by atoms with Crippen LogP contribution in [0.4, 0.5) is 55.5 Å². The second-order valence-electron chi connectivity index (χ2n) is 7.60. The molecule has 4 aromatic carbocycles. The van der Waals surface area contributed by atoms with Crippen LogP contribution in [0.5, 0.6) is 0 Å². The average Bonchev–Trinajstić information content (AvgIpc) is 2.91. The number of halogens is 10. The molecule has 0 heterocycles. The molecule has 0 saturated heterocycles. The summed E-state index contributed by atoms with van der Waals surface area (Å²) in [6.45, 7) is 0. The monoisotopic (exact) mass is 546 g/mol. The summed E-state index contributed by atoms with van der Waals surface area (Å²) in [6, 6.07) is 12.0. The molecule has 0 aromatic heterocycles. The van der Waals surface area contributed by atoms with Gasteiger partial charge in [-0.05, 0) is 10.4 Å². The molecule has 0 unspecified atom stereocenters. The Morgan fingerprint density at radius 1 is 0.432 bits per heavy atom. The van der Waals surface area contributed by atoms with E-state index in [0.29, 0.717) is 0 Å². The standard InChI is InChI=1S/C24H12F10N2Si/c25-15-11-17(21(29)23(31)19(15)27)35(33)37(13-7-3-1-4-8-13,14-9-5-2-6-10-14)36(34)18-12-16(26)20(28)24(32)22(18)30/h1-12H. The first-order valence-electron chi connectivity index (χ1n) is 10.2. The van der Waals surface area contributed by atoms with E-state index < -0.39 is 75.9 Å². The second-order valence-corrected chi connectivity index (χ2v) is 10.9. The van der Waals surface area contributed by atoms with Gasteiger partial charge >= 0.3 is 8.40 Å². The van der Waals surface area contributed by atoms with Crippen LogP contribution >= 0.6 is 0 Å². The van der Waals surface area contributed by atoms with E-state index >= 15 is 8.96 Å². The van der Waals surface area contributed by atoms with Gasteiger partial charge in [-0.1, -0.05) is 60.7 Å². The molecule has 4 aromatic rings. The molecule has 0 amide bonds. The largest absolute Gasteiger partial charge is 0.394 e. The minimum absolute atomic E-state index is 0.0998. The summed E-state index contributed by atoms with van der Waals surface area (Å²) in [5.41, 5.74) is -3.27. The molecule has 0 fully saturated rings. The van der Waals surface area contributed by atoms with Crippen molar-refractivity contribution in [2.45, 2.75) is 0 Å². The fourth-order valence-electron chi connectivity index (χ4n) is 3.79. The van der Waals surface area contributed by atoms with Gasteiger partial charge in [0, 0.05) is 12.1 Å². The lowest BCUT2D eigenvalue weighted by Gasteiger charge is -2.41. The molecule has 0 aliphatic carbocycles. The van der Waals surface area contributed by atoms with Gasteiger partial charge in [-0.2, -0.15) is 0 Å². The van der Waals surface area contributed by atoms with Crippen LogP contribution in [0.1, 0.15) is 0 Å². The van der Waals surface area contributed by atoms with Crippen LogP contribution in [0.2, 0.25) is 0 Å². The molecule has 0 radical (unpaired) electrons. The molecule has 4 rings (SSSR count). The van der Waals surface area contributed by atoms with Crippen LogP contribution in [-0.4, -0.2) is 8.40 Å². The Bertz CT molecular complexity index is 1340. The molecule has 0 aliphatic rings. The van der Waals surface area contributed by atoms with Gasteiger partial charge in [0.25, 0.3) is 0 Å². The van der Waals surface area contributed by atoms with Crippen molar-refractivity contribution in [2.24, 2.45) is 0 Å². The number of hydrogen-bond donors (Lipinski definition) is 0. The van der Waals surface area contributed by atoms with Crippen LogP contribution in [-0.2, 0) is 0 Å². The molecule has 0 spiro atoms. The van der Waals surface area contributed by atoms with Crippen LogP contribution in [0.15, 0.2) is 72.8 Å². The smallest absolute Gasteiger partial charge is 0.205 e. The van der Waals surface area contributed by atoms with E-state index in [2.05, 4.69) is 0 Å². The van der Waals surface area contributed by atoms with Crippen molar-refractivity contribution in [1.29, 1.82) is 0 Å². The summed E-state index contributed by atoms with van der Waals surface area (Å²) in [6.07, 6.45) is 0. The van der Waals surface area contributed by atoms with Crippen molar-refractivity contribution in [1.82, 2.24) is 0 Å². The van der Waals surface area contributed by atoms with Gasteiger partial charge in [0.15, 0.2) is 46.5 Å². The number of anilines is 2. The summed E-state index contributed by atoms with van der Waals surface area (Å²) in [7, 11) is -5.48. The van der Waals surface area contributed by atoms with Crippen LogP contribution in [0.25, 0.3) is 0 Å². The third kappa shape index (κ3) is 4.08. The fourth-order valence-corrected chi connectivity index (χ4v) is 7.52. The normalized spacial score (nSPS) is 11.5. The van der Waals surface area contributed by atoms with E-state index in [-0.39, 0.29) is 22.5 Å². The number of rotatable bonds is 6. The van der Waals surface area contributed by atoms with Crippen LogP contribution in [0, 0.1) is 46.5 Å². The van der Waals surface area contributed by atoms with Crippen molar-refractivity contribution >= 4 is 30.1 Å². The van der Waals surface area contributed by atoms with E-state index in [4.69, 9.17) is 0 Å². The van der Waals surface area contributed by atoms with Gasteiger partial charge in [0.05, 0.1) is 0 Å². The average molecular weight is 546 g/mol. The summed E-state index contributed by atoms with van der Waals surface area (Å²) in [4.78, 5) is -1.53.